The Labute approximate surface area is 350 Å². The number of aromatic nitrogens is 4. The zero-order valence-electron chi connectivity index (χ0n) is 34.1. The van der Waals surface area contributed by atoms with Crippen LogP contribution < -0.4 is 25.2 Å². The van der Waals surface area contributed by atoms with E-state index in [1.165, 1.54) is 67.0 Å². The Bertz CT molecular complexity index is 2550. The number of halogens is 2. The summed E-state index contributed by atoms with van der Waals surface area (Å²) >= 11 is 1.31. The number of anilines is 2. The quantitative estimate of drug-likeness (QED) is 0.142. The molecule has 314 valence electrons. The van der Waals surface area contributed by atoms with Gasteiger partial charge in [-0.05, 0) is 105 Å². The Kier molecular flexibility index (Phi) is 11.5. The van der Waals surface area contributed by atoms with Gasteiger partial charge in [0, 0.05) is 69.3 Å². The summed E-state index contributed by atoms with van der Waals surface area (Å²) in [6.07, 6.45) is 9.17. The number of imide groups is 1. The molecule has 3 amide bonds. The highest BCUT2D eigenvalue weighted by molar-refractivity contribution is 7.98. The van der Waals surface area contributed by atoms with Crippen molar-refractivity contribution in [2.24, 2.45) is 18.4 Å². The number of rotatable bonds is 9. The summed E-state index contributed by atoms with van der Waals surface area (Å²) in [6.45, 7) is 7.68. The Morgan fingerprint density at radius 2 is 1.80 bits per heavy atom. The van der Waals surface area contributed by atoms with E-state index in [2.05, 4.69) is 38.0 Å². The van der Waals surface area contributed by atoms with Crippen molar-refractivity contribution in [3.63, 3.8) is 0 Å². The van der Waals surface area contributed by atoms with Crippen molar-refractivity contribution in [1.82, 2.24) is 33.9 Å². The van der Waals surface area contributed by atoms with Crippen molar-refractivity contribution in [1.29, 1.82) is 5.26 Å². The third-order valence-corrected chi connectivity index (χ3v) is 13.2. The van der Waals surface area contributed by atoms with Gasteiger partial charge < -0.3 is 9.46 Å². The number of ether oxygens (including phenoxy) is 1. The molecule has 0 radical (unpaired) electrons. The summed E-state index contributed by atoms with van der Waals surface area (Å²) < 4.78 is 42.5. The van der Waals surface area contributed by atoms with Crippen molar-refractivity contribution >= 4 is 57.4 Å². The van der Waals surface area contributed by atoms with E-state index in [1.54, 1.807) is 46.9 Å². The van der Waals surface area contributed by atoms with Gasteiger partial charge in [0.15, 0.2) is 17.4 Å². The fraction of sp³-hybridized carbons (Fsp3) is 0.442. The number of hydrogen-bond acceptors (Lipinski definition) is 11. The Morgan fingerprint density at radius 3 is 2.52 bits per heavy atom. The first-order valence-electron chi connectivity index (χ1n) is 20.4. The molecule has 0 atom stereocenters. The third-order valence-electron chi connectivity index (χ3n) is 12.4. The number of hydrogen-bond donors (Lipinski definition) is 2. The number of nitrogens with zero attached hydrogens (tertiary/aromatic N) is 8. The SMILES string of the molecule is CCN(C)SNc1ccc(F)c(Oc2ccc3ncn(C4CC5(C4)CN(C4CCC(C)CC4)C5)c(=O)c3c2)c1C#N.Cn1nc(N2CCC(=O)NC2=O)c2cc(F)ccc21. The van der Waals surface area contributed by atoms with Crippen LogP contribution >= 0.6 is 12.1 Å². The maximum atomic E-state index is 14.9. The van der Waals surface area contributed by atoms with Gasteiger partial charge in [-0.1, -0.05) is 13.8 Å². The minimum atomic E-state index is -0.651. The fourth-order valence-electron chi connectivity index (χ4n) is 8.86. The van der Waals surface area contributed by atoms with Crippen LogP contribution in [-0.4, -0.2) is 79.7 Å². The molecule has 3 aromatic carbocycles. The molecule has 2 aliphatic carbocycles. The van der Waals surface area contributed by atoms with E-state index < -0.39 is 17.7 Å². The second kappa shape index (κ2) is 16.8. The van der Waals surface area contributed by atoms with Gasteiger partial charge in [0.25, 0.3) is 5.56 Å². The molecule has 2 saturated heterocycles. The highest BCUT2D eigenvalue weighted by Gasteiger charge is 2.54. The van der Waals surface area contributed by atoms with Gasteiger partial charge in [-0.2, -0.15) is 10.4 Å². The zero-order chi connectivity index (χ0) is 42.3. The van der Waals surface area contributed by atoms with Crippen molar-refractivity contribution in [2.45, 2.75) is 70.9 Å². The number of nitrogens with one attached hydrogen (secondary N) is 2. The highest BCUT2D eigenvalue weighted by Crippen LogP contribution is 2.55. The van der Waals surface area contributed by atoms with E-state index in [4.69, 9.17) is 4.74 Å². The summed E-state index contributed by atoms with van der Waals surface area (Å²) in [4.78, 5) is 45.0. The van der Waals surface area contributed by atoms with Crippen molar-refractivity contribution in [2.75, 3.05) is 42.8 Å². The maximum absolute atomic E-state index is 14.9. The summed E-state index contributed by atoms with van der Waals surface area (Å²) in [5.41, 5.74) is 2.01. The molecule has 0 bridgehead atoms. The second-order valence-corrected chi connectivity index (χ2v) is 17.5. The molecule has 4 aliphatic rings. The van der Waals surface area contributed by atoms with Crippen molar-refractivity contribution < 1.29 is 23.1 Å². The van der Waals surface area contributed by atoms with E-state index in [1.807, 2.05) is 18.3 Å². The number of nitriles is 1. The van der Waals surface area contributed by atoms with Crippen LogP contribution in [0.2, 0.25) is 0 Å². The second-order valence-electron chi connectivity index (χ2n) is 16.5. The number of carbonyl (C=O) groups excluding carboxylic acids is 2. The highest BCUT2D eigenvalue weighted by atomic mass is 32.2. The molecule has 4 fully saturated rings. The predicted octanol–water partition coefficient (Wildman–Crippen LogP) is 7.50. The molecule has 1 spiro atoms. The molecule has 2 aliphatic heterocycles. The minimum absolute atomic E-state index is 0.0581. The van der Waals surface area contributed by atoms with Crippen molar-refractivity contribution in [3.8, 4) is 17.6 Å². The summed E-state index contributed by atoms with van der Waals surface area (Å²) in [6, 6.07) is 14.4. The average Bonchev–Trinajstić information content (AvgIpc) is 3.52. The first-order valence-corrected chi connectivity index (χ1v) is 21.2. The van der Waals surface area contributed by atoms with E-state index in [-0.39, 0.29) is 47.5 Å². The summed E-state index contributed by atoms with van der Waals surface area (Å²) in [7, 11) is 3.62. The number of likely N-dealkylation sites (tertiary alicyclic amines) is 1. The van der Waals surface area contributed by atoms with Crippen LogP contribution in [0.5, 0.6) is 11.5 Å². The number of carbonyl (C=O) groups is 2. The molecule has 5 aromatic rings. The van der Waals surface area contributed by atoms with E-state index in [0.29, 0.717) is 33.2 Å². The van der Waals surface area contributed by atoms with Gasteiger partial charge in [-0.3, -0.25) is 34.0 Å². The van der Waals surface area contributed by atoms with E-state index in [0.717, 1.165) is 50.0 Å². The lowest BCUT2D eigenvalue weighted by atomic mass is 9.60. The maximum Gasteiger partial charge on any atom is 0.329 e. The van der Waals surface area contributed by atoms with Gasteiger partial charge in [-0.15, -0.1) is 0 Å². The molecule has 2 N–H and O–H groups in total. The van der Waals surface area contributed by atoms with Crippen LogP contribution in [0.4, 0.5) is 25.1 Å². The van der Waals surface area contributed by atoms with E-state index in [9.17, 15) is 28.4 Å². The number of amides is 3. The number of aryl methyl sites for hydroxylation is 1. The lowest BCUT2D eigenvalue weighted by Gasteiger charge is -2.61. The molecule has 0 unspecified atom stereocenters. The first-order chi connectivity index (χ1) is 28.8. The summed E-state index contributed by atoms with van der Waals surface area (Å²) in [5, 5.41) is 17.2. The van der Waals surface area contributed by atoms with E-state index >= 15 is 0 Å². The molecule has 9 rings (SSSR count). The molecular weight excluding hydrogens is 791 g/mol. The lowest BCUT2D eigenvalue weighted by Crippen LogP contribution is -2.65. The van der Waals surface area contributed by atoms with Crippen molar-refractivity contribution in [3.05, 3.63) is 82.4 Å². The van der Waals surface area contributed by atoms with Gasteiger partial charge >= 0.3 is 6.03 Å². The standard InChI is InChI=1S/C31H37FN6O2S.C12H11FN4O2/c1-4-36(3)41-35-28-12-10-26(32)29(25(28)16-33)40-23-9-11-27-24(13-23)30(39)38(19-34-27)22-14-31(15-22)17-37(18-31)21-7-5-20(2)6-8-21;1-16-9-3-2-7(13)6-8(9)11(15-16)17-5-4-10(18)14-12(17)19/h9-13,19-22,35H,4-8,14-15,17-18H2,1-3H3;2-3,6H,4-5H2,1H3,(H,14,18,19). The van der Waals surface area contributed by atoms with Crippen LogP contribution in [-0.2, 0) is 11.8 Å². The van der Waals surface area contributed by atoms with Crippen LogP contribution in [0.25, 0.3) is 21.8 Å². The minimum Gasteiger partial charge on any atom is -0.453 e. The predicted molar refractivity (Wildman–Crippen MR) is 227 cm³/mol. The van der Waals surface area contributed by atoms with Gasteiger partial charge in [0.1, 0.15) is 23.2 Å². The number of urea groups is 1. The topological polar surface area (TPSA) is 154 Å². The van der Waals surface area contributed by atoms with Crippen LogP contribution in [0.15, 0.2) is 59.7 Å². The normalized spacial score (nSPS) is 20.3. The molecule has 4 heterocycles. The number of benzene rings is 3. The van der Waals surface area contributed by atoms with Gasteiger partial charge in [0.05, 0.1) is 28.4 Å². The smallest absolute Gasteiger partial charge is 0.329 e. The number of fused-ring (bicyclic) bond motifs is 2. The lowest BCUT2D eigenvalue weighted by molar-refractivity contribution is -0.120. The van der Waals surface area contributed by atoms with Crippen LogP contribution in [0, 0.1) is 34.3 Å². The van der Waals surface area contributed by atoms with Gasteiger partial charge in [-0.25, -0.2) is 22.9 Å². The summed E-state index contributed by atoms with van der Waals surface area (Å²) in [5.74, 6) is -0.0313. The molecule has 17 heteroatoms. The molecule has 60 heavy (non-hydrogen) atoms. The third kappa shape index (κ3) is 8.15. The molecule has 2 aromatic heterocycles. The Balaban J connectivity index is 0.000000218. The Hall–Kier alpha value is -5.57. The average molecular weight is 839 g/mol. The monoisotopic (exact) mass is 838 g/mol. The Morgan fingerprint density at radius 1 is 1.03 bits per heavy atom. The molecule has 14 nitrogen and oxygen atoms in total. The first kappa shape index (κ1) is 41.2. The van der Waals surface area contributed by atoms with Gasteiger partial charge in [0.2, 0.25) is 5.91 Å². The zero-order valence-corrected chi connectivity index (χ0v) is 34.9. The van der Waals surface area contributed by atoms with Crippen LogP contribution in [0.1, 0.15) is 70.4 Å². The molecule has 2 saturated carbocycles. The van der Waals surface area contributed by atoms with Crippen LogP contribution in [0.3, 0.4) is 0 Å². The largest absolute Gasteiger partial charge is 0.453 e. The fourth-order valence-corrected chi connectivity index (χ4v) is 9.42. The molecular formula is C43H48F2N10O4S.